The summed E-state index contributed by atoms with van der Waals surface area (Å²) in [7, 11) is 0. The molecular weight excluding hydrogens is 230 g/mol. The highest BCUT2D eigenvalue weighted by molar-refractivity contribution is 5.70. The monoisotopic (exact) mass is 249 g/mol. The van der Waals surface area contributed by atoms with Crippen LogP contribution in [0.2, 0.25) is 0 Å². The van der Waals surface area contributed by atoms with Crippen molar-refractivity contribution in [3.8, 4) is 0 Å². The lowest BCUT2D eigenvalue weighted by atomic mass is 9.96. The lowest BCUT2D eigenvalue weighted by Gasteiger charge is -2.21. The number of aryl methyl sites for hydroxylation is 2. The molecule has 0 saturated heterocycles. The number of aliphatic carboxylic acids is 1. The molecule has 1 saturated carbocycles. The maximum absolute atomic E-state index is 11.4. The van der Waals surface area contributed by atoms with Gasteiger partial charge in [-0.3, -0.25) is 9.59 Å². The van der Waals surface area contributed by atoms with Gasteiger partial charge in [0.25, 0.3) is 0 Å². The van der Waals surface area contributed by atoms with Crippen LogP contribution in [-0.2, 0) is 11.3 Å². The van der Waals surface area contributed by atoms with Gasteiger partial charge >= 0.3 is 5.97 Å². The van der Waals surface area contributed by atoms with Crippen molar-refractivity contribution in [2.75, 3.05) is 0 Å². The third-order valence-electron chi connectivity index (χ3n) is 3.95. The SMILES string of the molecule is Cc1cc(=O)cc(C)n1CC1CCCC1C(=O)O. The van der Waals surface area contributed by atoms with Crippen molar-refractivity contribution in [3.63, 3.8) is 0 Å². The summed E-state index contributed by atoms with van der Waals surface area (Å²) in [5, 5.41) is 9.19. The number of carboxylic acids is 1. The summed E-state index contributed by atoms with van der Waals surface area (Å²) in [6.45, 7) is 4.51. The van der Waals surface area contributed by atoms with Crippen molar-refractivity contribution in [1.29, 1.82) is 0 Å². The minimum atomic E-state index is -0.686. The molecule has 0 radical (unpaired) electrons. The van der Waals surface area contributed by atoms with Crippen molar-refractivity contribution >= 4 is 5.97 Å². The average molecular weight is 249 g/mol. The Hall–Kier alpha value is -1.58. The Bertz CT molecular complexity index is 492. The van der Waals surface area contributed by atoms with E-state index in [2.05, 4.69) is 4.57 Å². The second-order valence-electron chi connectivity index (χ2n) is 5.22. The van der Waals surface area contributed by atoms with Gasteiger partial charge in [-0.25, -0.2) is 0 Å². The molecule has 0 aliphatic heterocycles. The first-order chi connectivity index (χ1) is 8.49. The predicted molar refractivity (Wildman–Crippen MR) is 68.6 cm³/mol. The van der Waals surface area contributed by atoms with Crippen LogP contribution in [0, 0.1) is 25.7 Å². The van der Waals surface area contributed by atoms with Gasteiger partial charge in [0, 0.05) is 30.1 Å². The molecule has 1 fully saturated rings. The van der Waals surface area contributed by atoms with Crippen LogP contribution in [0.25, 0.3) is 0 Å². The molecule has 0 bridgehead atoms. The highest BCUT2D eigenvalue weighted by atomic mass is 16.4. The zero-order chi connectivity index (χ0) is 13.3. The quantitative estimate of drug-likeness (QED) is 0.891. The molecule has 18 heavy (non-hydrogen) atoms. The maximum Gasteiger partial charge on any atom is 0.306 e. The number of carbonyl (C=O) groups is 1. The second-order valence-corrected chi connectivity index (χ2v) is 5.22. The van der Waals surface area contributed by atoms with Crippen molar-refractivity contribution in [3.05, 3.63) is 33.7 Å². The van der Waals surface area contributed by atoms with Crippen molar-refractivity contribution < 1.29 is 9.90 Å². The predicted octanol–water partition coefficient (Wildman–Crippen LogP) is 1.97. The number of hydrogen-bond donors (Lipinski definition) is 1. The molecule has 1 aromatic rings. The molecule has 2 unspecified atom stereocenters. The normalized spacial score (nSPS) is 23.2. The summed E-state index contributed by atoms with van der Waals surface area (Å²) in [5.41, 5.74) is 1.84. The van der Waals surface area contributed by atoms with Gasteiger partial charge in [-0.05, 0) is 32.6 Å². The topological polar surface area (TPSA) is 59.3 Å². The van der Waals surface area contributed by atoms with Gasteiger partial charge in [-0.1, -0.05) is 6.42 Å². The molecule has 1 aliphatic rings. The third kappa shape index (κ3) is 2.47. The fourth-order valence-electron chi connectivity index (χ4n) is 2.99. The Labute approximate surface area is 106 Å². The van der Waals surface area contributed by atoms with E-state index in [1.54, 1.807) is 12.1 Å². The average Bonchev–Trinajstić information content (AvgIpc) is 2.71. The van der Waals surface area contributed by atoms with Gasteiger partial charge in [0.15, 0.2) is 5.43 Å². The van der Waals surface area contributed by atoms with E-state index in [9.17, 15) is 14.7 Å². The third-order valence-corrected chi connectivity index (χ3v) is 3.95. The number of aromatic nitrogens is 1. The van der Waals surface area contributed by atoms with Gasteiger partial charge in [0.05, 0.1) is 5.92 Å². The minimum absolute atomic E-state index is 0.0162. The van der Waals surface area contributed by atoms with Crippen molar-refractivity contribution in [2.45, 2.75) is 39.7 Å². The van der Waals surface area contributed by atoms with Crippen LogP contribution in [0.3, 0.4) is 0 Å². The zero-order valence-corrected chi connectivity index (χ0v) is 10.8. The van der Waals surface area contributed by atoms with E-state index in [0.717, 1.165) is 30.7 Å². The van der Waals surface area contributed by atoms with Crippen molar-refractivity contribution in [1.82, 2.24) is 4.57 Å². The molecule has 1 N–H and O–H groups in total. The highest BCUT2D eigenvalue weighted by Gasteiger charge is 2.33. The number of pyridine rings is 1. The van der Waals surface area contributed by atoms with Gasteiger partial charge < -0.3 is 9.67 Å². The molecule has 1 aliphatic carbocycles. The summed E-state index contributed by atoms with van der Waals surface area (Å²) in [6, 6.07) is 3.22. The second kappa shape index (κ2) is 4.96. The fourth-order valence-corrected chi connectivity index (χ4v) is 2.99. The van der Waals surface area contributed by atoms with E-state index >= 15 is 0 Å². The summed E-state index contributed by atoms with van der Waals surface area (Å²) >= 11 is 0. The van der Waals surface area contributed by atoms with E-state index in [4.69, 9.17) is 0 Å². The lowest BCUT2D eigenvalue weighted by Crippen LogP contribution is -2.25. The summed E-state index contributed by atoms with van der Waals surface area (Å²) < 4.78 is 2.06. The molecule has 0 spiro atoms. The Morgan fingerprint density at radius 1 is 1.33 bits per heavy atom. The van der Waals surface area contributed by atoms with E-state index < -0.39 is 5.97 Å². The van der Waals surface area contributed by atoms with Gasteiger partial charge in [0.1, 0.15) is 0 Å². The zero-order valence-electron chi connectivity index (χ0n) is 10.8. The first kappa shape index (κ1) is 12.9. The molecular formula is C14H19NO3. The molecule has 2 atom stereocenters. The smallest absolute Gasteiger partial charge is 0.306 e. The molecule has 2 rings (SSSR count). The fraction of sp³-hybridized carbons (Fsp3) is 0.571. The van der Waals surface area contributed by atoms with Gasteiger partial charge in [0.2, 0.25) is 0 Å². The molecule has 1 aromatic heterocycles. The minimum Gasteiger partial charge on any atom is -0.481 e. The lowest BCUT2D eigenvalue weighted by molar-refractivity contribution is -0.143. The summed E-state index contributed by atoms with van der Waals surface area (Å²) in [4.78, 5) is 22.5. The van der Waals surface area contributed by atoms with Crippen LogP contribution in [0.1, 0.15) is 30.7 Å². The first-order valence-corrected chi connectivity index (χ1v) is 6.40. The standard InChI is InChI=1S/C14H19NO3/c1-9-6-12(16)7-10(2)15(9)8-11-4-3-5-13(11)14(17)18/h6-7,11,13H,3-5,8H2,1-2H3,(H,17,18). The summed E-state index contributed by atoms with van der Waals surface area (Å²) in [6.07, 6.45) is 2.72. The number of carboxylic acid groups (broad SMARTS) is 1. The molecule has 4 heteroatoms. The Morgan fingerprint density at radius 3 is 2.50 bits per heavy atom. The van der Waals surface area contributed by atoms with Crippen LogP contribution in [0.5, 0.6) is 0 Å². The highest BCUT2D eigenvalue weighted by Crippen LogP contribution is 2.33. The van der Waals surface area contributed by atoms with Gasteiger partial charge in [-0.15, -0.1) is 0 Å². The molecule has 98 valence electrons. The maximum atomic E-state index is 11.4. The van der Waals surface area contributed by atoms with Crippen molar-refractivity contribution in [2.24, 2.45) is 11.8 Å². The van der Waals surface area contributed by atoms with Gasteiger partial charge in [-0.2, -0.15) is 0 Å². The van der Waals surface area contributed by atoms with Crippen LogP contribution in [-0.4, -0.2) is 15.6 Å². The van der Waals surface area contributed by atoms with E-state index in [1.165, 1.54) is 0 Å². The summed E-state index contributed by atoms with van der Waals surface area (Å²) in [5.74, 6) is -0.737. The number of hydrogen-bond acceptors (Lipinski definition) is 2. The Kier molecular flexibility index (Phi) is 3.55. The number of nitrogens with zero attached hydrogens (tertiary/aromatic N) is 1. The van der Waals surface area contributed by atoms with E-state index in [-0.39, 0.29) is 17.3 Å². The first-order valence-electron chi connectivity index (χ1n) is 6.40. The molecule has 4 nitrogen and oxygen atoms in total. The van der Waals surface area contributed by atoms with Crippen LogP contribution in [0.4, 0.5) is 0 Å². The Balaban J connectivity index is 2.24. The van der Waals surface area contributed by atoms with Crippen LogP contribution >= 0.6 is 0 Å². The molecule has 1 heterocycles. The largest absolute Gasteiger partial charge is 0.481 e. The van der Waals surface area contributed by atoms with E-state index in [1.807, 2.05) is 13.8 Å². The molecule has 0 aromatic carbocycles. The van der Waals surface area contributed by atoms with Crippen LogP contribution in [0.15, 0.2) is 16.9 Å². The Morgan fingerprint density at radius 2 is 1.94 bits per heavy atom. The van der Waals surface area contributed by atoms with Crippen LogP contribution < -0.4 is 5.43 Å². The molecule has 0 amide bonds. The van der Waals surface area contributed by atoms with E-state index in [0.29, 0.717) is 6.54 Å². The number of rotatable bonds is 3.